The monoisotopic (exact) mass is 259 g/mol. The molecule has 2 rings (SSSR count). The number of hydrogen-bond acceptors (Lipinski definition) is 3. The number of halogens is 1. The molecule has 0 atom stereocenters. The molecule has 0 aliphatic carbocycles. The van der Waals surface area contributed by atoms with Crippen LogP contribution in [0.15, 0.2) is 36.4 Å². The Morgan fingerprint density at radius 2 is 1.95 bits per heavy atom. The van der Waals surface area contributed by atoms with E-state index < -0.39 is 0 Å². The maximum Gasteiger partial charge on any atom is 0.132 e. The van der Waals surface area contributed by atoms with Gasteiger partial charge in [0.25, 0.3) is 0 Å². The van der Waals surface area contributed by atoms with E-state index in [1.165, 1.54) is 12.1 Å². The third kappa shape index (κ3) is 3.95. The zero-order valence-electron chi connectivity index (χ0n) is 11.2. The van der Waals surface area contributed by atoms with Gasteiger partial charge in [0.05, 0.1) is 0 Å². The van der Waals surface area contributed by atoms with E-state index in [0.29, 0.717) is 11.5 Å². The van der Waals surface area contributed by atoms with Crippen LogP contribution in [0, 0.1) is 12.7 Å². The van der Waals surface area contributed by atoms with Gasteiger partial charge in [0, 0.05) is 12.2 Å². The zero-order chi connectivity index (χ0) is 13.7. The second-order valence-corrected chi connectivity index (χ2v) is 4.48. The Labute approximate surface area is 112 Å². The molecule has 0 radical (unpaired) electrons. The average Bonchev–Trinajstić information content (AvgIpc) is 2.35. The Morgan fingerprint density at radius 1 is 1.16 bits per heavy atom. The maximum absolute atomic E-state index is 13.3. The van der Waals surface area contributed by atoms with Crippen molar-refractivity contribution in [2.75, 3.05) is 17.2 Å². The molecule has 0 unspecified atom stereocenters. The normalized spacial score (nSPS) is 10.3. The van der Waals surface area contributed by atoms with Crippen molar-refractivity contribution < 1.29 is 4.39 Å². The first-order chi connectivity index (χ1) is 9.17. The SMILES string of the molecule is CCCNc1cccc(Nc2cc(C)cc(F)c2)n1. The number of hydrogen-bond donors (Lipinski definition) is 2. The van der Waals surface area contributed by atoms with E-state index in [2.05, 4.69) is 22.5 Å². The number of rotatable bonds is 5. The van der Waals surface area contributed by atoms with Crippen LogP contribution < -0.4 is 10.6 Å². The maximum atomic E-state index is 13.3. The van der Waals surface area contributed by atoms with Crippen LogP contribution in [-0.2, 0) is 0 Å². The Balaban J connectivity index is 2.13. The number of aromatic nitrogens is 1. The molecule has 1 aromatic heterocycles. The first-order valence-corrected chi connectivity index (χ1v) is 6.42. The average molecular weight is 259 g/mol. The molecule has 19 heavy (non-hydrogen) atoms. The van der Waals surface area contributed by atoms with Gasteiger partial charge in [-0.15, -0.1) is 0 Å². The Bertz CT molecular complexity index is 535. The van der Waals surface area contributed by atoms with Gasteiger partial charge in [-0.05, 0) is 49.2 Å². The quantitative estimate of drug-likeness (QED) is 0.849. The van der Waals surface area contributed by atoms with Crippen molar-refractivity contribution in [3.8, 4) is 0 Å². The molecule has 4 heteroatoms. The van der Waals surface area contributed by atoms with Crippen LogP contribution in [0.3, 0.4) is 0 Å². The second-order valence-electron chi connectivity index (χ2n) is 4.48. The van der Waals surface area contributed by atoms with E-state index >= 15 is 0 Å². The summed E-state index contributed by atoms with van der Waals surface area (Å²) in [6, 6.07) is 10.5. The lowest BCUT2D eigenvalue weighted by Gasteiger charge is -2.09. The highest BCUT2D eigenvalue weighted by Gasteiger charge is 2.01. The summed E-state index contributed by atoms with van der Waals surface area (Å²) in [6.07, 6.45) is 1.04. The molecule has 100 valence electrons. The summed E-state index contributed by atoms with van der Waals surface area (Å²) in [7, 11) is 0. The molecule has 0 fully saturated rings. The van der Waals surface area contributed by atoms with E-state index in [1.54, 1.807) is 0 Å². The largest absolute Gasteiger partial charge is 0.370 e. The number of nitrogens with one attached hydrogen (secondary N) is 2. The second kappa shape index (κ2) is 6.18. The number of benzene rings is 1. The third-order valence-electron chi connectivity index (χ3n) is 2.62. The van der Waals surface area contributed by atoms with Gasteiger partial charge < -0.3 is 10.6 Å². The Kier molecular flexibility index (Phi) is 4.34. The fourth-order valence-corrected chi connectivity index (χ4v) is 1.81. The van der Waals surface area contributed by atoms with Crippen LogP contribution in [-0.4, -0.2) is 11.5 Å². The predicted molar refractivity (Wildman–Crippen MR) is 77.4 cm³/mol. The van der Waals surface area contributed by atoms with Gasteiger partial charge in [-0.3, -0.25) is 0 Å². The molecule has 0 bridgehead atoms. The first-order valence-electron chi connectivity index (χ1n) is 6.42. The van der Waals surface area contributed by atoms with Crippen molar-refractivity contribution in [3.63, 3.8) is 0 Å². The van der Waals surface area contributed by atoms with E-state index in [4.69, 9.17) is 0 Å². The van der Waals surface area contributed by atoms with E-state index in [-0.39, 0.29) is 5.82 Å². The standard InChI is InChI=1S/C15H18FN3/c1-3-7-17-14-5-4-6-15(19-14)18-13-9-11(2)8-12(16)10-13/h4-6,8-10H,3,7H2,1-2H3,(H2,17,18,19). The van der Waals surface area contributed by atoms with Crippen molar-refractivity contribution in [2.45, 2.75) is 20.3 Å². The van der Waals surface area contributed by atoms with Gasteiger partial charge in [-0.2, -0.15) is 0 Å². The van der Waals surface area contributed by atoms with Gasteiger partial charge in [0.2, 0.25) is 0 Å². The highest BCUT2D eigenvalue weighted by Crippen LogP contribution is 2.19. The minimum absolute atomic E-state index is 0.247. The number of aryl methyl sites for hydroxylation is 1. The first kappa shape index (κ1) is 13.3. The minimum atomic E-state index is -0.247. The fourth-order valence-electron chi connectivity index (χ4n) is 1.81. The van der Waals surface area contributed by atoms with Crippen LogP contribution in [0.4, 0.5) is 21.7 Å². The van der Waals surface area contributed by atoms with Crippen molar-refractivity contribution in [1.82, 2.24) is 4.98 Å². The number of nitrogens with zero attached hydrogens (tertiary/aromatic N) is 1. The molecule has 0 saturated carbocycles. The summed E-state index contributed by atoms with van der Waals surface area (Å²) in [5, 5.41) is 6.33. The molecule has 1 aromatic carbocycles. The lowest BCUT2D eigenvalue weighted by Crippen LogP contribution is -2.03. The molecule has 0 saturated heterocycles. The molecule has 1 heterocycles. The third-order valence-corrected chi connectivity index (χ3v) is 2.62. The topological polar surface area (TPSA) is 37.0 Å². The summed E-state index contributed by atoms with van der Waals surface area (Å²) < 4.78 is 13.3. The predicted octanol–water partition coefficient (Wildman–Crippen LogP) is 4.09. The van der Waals surface area contributed by atoms with Gasteiger partial charge >= 0.3 is 0 Å². The molecular formula is C15H18FN3. The van der Waals surface area contributed by atoms with Gasteiger partial charge in [0.15, 0.2) is 0 Å². The van der Waals surface area contributed by atoms with Gasteiger partial charge in [-0.1, -0.05) is 13.0 Å². The summed E-state index contributed by atoms with van der Waals surface area (Å²) in [5.41, 5.74) is 1.58. The van der Waals surface area contributed by atoms with Crippen LogP contribution >= 0.6 is 0 Å². The van der Waals surface area contributed by atoms with Crippen molar-refractivity contribution >= 4 is 17.3 Å². The molecule has 2 N–H and O–H groups in total. The Hall–Kier alpha value is -2.10. The van der Waals surface area contributed by atoms with Crippen molar-refractivity contribution in [2.24, 2.45) is 0 Å². The van der Waals surface area contributed by atoms with Crippen LogP contribution in [0.5, 0.6) is 0 Å². The zero-order valence-corrected chi connectivity index (χ0v) is 11.2. The molecular weight excluding hydrogens is 241 g/mol. The minimum Gasteiger partial charge on any atom is -0.370 e. The van der Waals surface area contributed by atoms with Crippen molar-refractivity contribution in [3.05, 3.63) is 47.8 Å². The molecule has 0 spiro atoms. The smallest absolute Gasteiger partial charge is 0.132 e. The van der Waals surface area contributed by atoms with Crippen LogP contribution in [0.25, 0.3) is 0 Å². The summed E-state index contributed by atoms with van der Waals surface area (Å²) >= 11 is 0. The van der Waals surface area contributed by atoms with Gasteiger partial charge in [-0.25, -0.2) is 9.37 Å². The molecule has 0 aliphatic heterocycles. The van der Waals surface area contributed by atoms with Gasteiger partial charge in [0.1, 0.15) is 17.5 Å². The summed E-state index contributed by atoms with van der Waals surface area (Å²) in [6.45, 7) is 4.85. The summed E-state index contributed by atoms with van der Waals surface area (Å²) in [5.74, 6) is 1.27. The van der Waals surface area contributed by atoms with E-state index in [0.717, 1.165) is 24.3 Å². The summed E-state index contributed by atoms with van der Waals surface area (Å²) in [4.78, 5) is 4.42. The lowest BCUT2D eigenvalue weighted by molar-refractivity contribution is 0.627. The van der Waals surface area contributed by atoms with E-state index in [1.807, 2.05) is 31.2 Å². The lowest BCUT2D eigenvalue weighted by atomic mass is 10.2. The molecule has 3 nitrogen and oxygen atoms in total. The highest BCUT2D eigenvalue weighted by atomic mass is 19.1. The molecule has 2 aromatic rings. The van der Waals surface area contributed by atoms with E-state index in [9.17, 15) is 4.39 Å². The van der Waals surface area contributed by atoms with Crippen LogP contribution in [0.2, 0.25) is 0 Å². The molecule has 0 amide bonds. The fraction of sp³-hybridized carbons (Fsp3) is 0.267. The highest BCUT2D eigenvalue weighted by molar-refractivity contribution is 5.58. The Morgan fingerprint density at radius 3 is 2.68 bits per heavy atom. The number of pyridine rings is 1. The van der Waals surface area contributed by atoms with Crippen LogP contribution in [0.1, 0.15) is 18.9 Å². The van der Waals surface area contributed by atoms with Crippen molar-refractivity contribution in [1.29, 1.82) is 0 Å². The number of anilines is 3. The molecule has 0 aliphatic rings.